The van der Waals surface area contributed by atoms with Crippen molar-refractivity contribution in [1.29, 1.82) is 5.26 Å². The molecule has 0 bridgehead atoms. The number of carbonyl (C=O) groups is 1. The van der Waals surface area contributed by atoms with Gasteiger partial charge in [0.1, 0.15) is 16.8 Å². The number of fused-ring (bicyclic) bond motifs is 1. The summed E-state index contributed by atoms with van der Waals surface area (Å²) in [6.45, 7) is 6.90. The van der Waals surface area contributed by atoms with Gasteiger partial charge in [-0.15, -0.1) is 21.5 Å². The van der Waals surface area contributed by atoms with Crippen molar-refractivity contribution in [2.24, 2.45) is 18.4 Å². The van der Waals surface area contributed by atoms with Gasteiger partial charge in [-0.1, -0.05) is 39.0 Å². The zero-order valence-corrected chi connectivity index (χ0v) is 22.5. The van der Waals surface area contributed by atoms with Crippen molar-refractivity contribution in [3.63, 3.8) is 0 Å². The second kappa shape index (κ2) is 10.4. The Balaban J connectivity index is 1.42. The second-order valence-corrected chi connectivity index (χ2v) is 11.6. The molecular formula is C26H31N5O2S2. The number of carbonyl (C=O) groups excluding carboxylic acids is 1. The molecule has 0 aliphatic heterocycles. The van der Waals surface area contributed by atoms with Crippen LogP contribution >= 0.6 is 23.1 Å². The Kier molecular flexibility index (Phi) is 7.53. The van der Waals surface area contributed by atoms with Crippen LogP contribution in [0.4, 0.5) is 5.00 Å². The summed E-state index contributed by atoms with van der Waals surface area (Å²) in [5.74, 6) is 2.13. The largest absolute Gasteiger partial charge is 0.497 e. The molecule has 4 rings (SSSR count). The van der Waals surface area contributed by atoms with E-state index in [0.29, 0.717) is 21.6 Å². The van der Waals surface area contributed by atoms with Crippen LogP contribution in [-0.2, 0) is 24.7 Å². The van der Waals surface area contributed by atoms with Gasteiger partial charge in [0.2, 0.25) is 5.91 Å². The van der Waals surface area contributed by atoms with Crippen molar-refractivity contribution in [2.75, 3.05) is 18.2 Å². The Morgan fingerprint density at radius 1 is 1.34 bits per heavy atom. The number of ether oxygens (including phenoxy) is 1. The van der Waals surface area contributed by atoms with Gasteiger partial charge in [0.05, 0.1) is 18.4 Å². The Labute approximate surface area is 214 Å². The maximum absolute atomic E-state index is 12.8. The molecule has 1 amide bonds. The standard InChI is InChI=1S/C26H31N5O2S2/c1-6-26(2,3)17-9-12-19-20(14-27)24(35-21(19)13-17)28-22(32)15-34-25-30-29-23(31(25)4)16-7-10-18(33-5)11-8-16/h7-8,10-11,17H,6,9,12-13,15H2,1-5H3,(H,28,32). The molecule has 1 aliphatic rings. The lowest BCUT2D eigenvalue weighted by molar-refractivity contribution is -0.113. The maximum Gasteiger partial charge on any atom is 0.235 e. The molecule has 184 valence electrons. The molecule has 0 fully saturated rings. The van der Waals surface area contributed by atoms with Gasteiger partial charge in [0.15, 0.2) is 11.0 Å². The predicted molar refractivity (Wildman–Crippen MR) is 141 cm³/mol. The summed E-state index contributed by atoms with van der Waals surface area (Å²) in [6, 6.07) is 9.96. The molecule has 35 heavy (non-hydrogen) atoms. The number of methoxy groups -OCH3 is 1. The van der Waals surface area contributed by atoms with E-state index in [4.69, 9.17) is 4.74 Å². The molecule has 1 atom stereocenters. The summed E-state index contributed by atoms with van der Waals surface area (Å²) in [5.41, 5.74) is 2.96. The number of benzene rings is 1. The number of nitrogens with one attached hydrogen (secondary N) is 1. The fraction of sp³-hybridized carbons (Fsp3) is 0.462. The molecule has 3 aromatic rings. The van der Waals surface area contributed by atoms with E-state index in [-0.39, 0.29) is 17.1 Å². The van der Waals surface area contributed by atoms with Crippen LogP contribution in [0.2, 0.25) is 0 Å². The number of hydrogen-bond donors (Lipinski definition) is 1. The number of aromatic nitrogens is 3. The van der Waals surface area contributed by atoms with Crippen LogP contribution in [0.1, 0.15) is 49.6 Å². The normalized spacial score (nSPS) is 15.4. The molecule has 1 aliphatic carbocycles. The van der Waals surface area contributed by atoms with E-state index in [1.54, 1.807) is 18.4 Å². The third-order valence-electron chi connectivity index (χ3n) is 7.16. The maximum atomic E-state index is 12.8. The first-order valence-corrected chi connectivity index (χ1v) is 13.6. The first-order chi connectivity index (χ1) is 16.8. The number of nitriles is 1. The van der Waals surface area contributed by atoms with E-state index in [2.05, 4.69) is 42.4 Å². The van der Waals surface area contributed by atoms with E-state index in [1.165, 1.54) is 16.6 Å². The Morgan fingerprint density at radius 2 is 2.09 bits per heavy atom. The minimum absolute atomic E-state index is 0.149. The van der Waals surface area contributed by atoms with Crippen LogP contribution in [0, 0.1) is 22.7 Å². The van der Waals surface area contributed by atoms with Gasteiger partial charge in [-0.25, -0.2) is 0 Å². The topological polar surface area (TPSA) is 92.8 Å². The third kappa shape index (κ3) is 5.24. The van der Waals surface area contributed by atoms with Crippen LogP contribution < -0.4 is 10.1 Å². The molecular weight excluding hydrogens is 478 g/mol. The number of nitrogens with zero attached hydrogens (tertiary/aromatic N) is 4. The number of amides is 1. The molecule has 1 unspecified atom stereocenters. The van der Waals surface area contributed by atoms with Gasteiger partial charge >= 0.3 is 0 Å². The van der Waals surface area contributed by atoms with E-state index in [0.717, 1.165) is 48.4 Å². The lowest BCUT2D eigenvalue weighted by Crippen LogP contribution is -2.28. The SMILES string of the molecule is CCC(C)(C)C1CCc2c(sc(NC(=O)CSc3nnc(-c4ccc(OC)cc4)n3C)c2C#N)C1. The molecule has 2 heterocycles. The van der Waals surface area contributed by atoms with Crippen LogP contribution in [0.25, 0.3) is 11.4 Å². The van der Waals surface area contributed by atoms with Crippen molar-refractivity contribution in [3.05, 3.63) is 40.3 Å². The monoisotopic (exact) mass is 509 g/mol. The van der Waals surface area contributed by atoms with Crippen molar-refractivity contribution in [2.45, 2.75) is 51.6 Å². The van der Waals surface area contributed by atoms with Crippen molar-refractivity contribution < 1.29 is 9.53 Å². The quantitative estimate of drug-likeness (QED) is 0.392. The molecule has 0 saturated heterocycles. The Bertz CT molecular complexity index is 1250. The fourth-order valence-electron chi connectivity index (χ4n) is 4.47. The van der Waals surface area contributed by atoms with Crippen LogP contribution in [-0.4, -0.2) is 33.5 Å². The summed E-state index contributed by atoms with van der Waals surface area (Å²) in [5, 5.41) is 22.7. The summed E-state index contributed by atoms with van der Waals surface area (Å²) >= 11 is 2.89. The number of thioether (sulfide) groups is 1. The molecule has 9 heteroatoms. The zero-order chi connectivity index (χ0) is 25.2. The van der Waals surface area contributed by atoms with Gasteiger partial charge in [0, 0.05) is 17.5 Å². The zero-order valence-electron chi connectivity index (χ0n) is 20.8. The van der Waals surface area contributed by atoms with E-state index >= 15 is 0 Å². The van der Waals surface area contributed by atoms with E-state index in [1.807, 2.05) is 35.9 Å². The van der Waals surface area contributed by atoms with Gasteiger partial charge in [-0.2, -0.15) is 5.26 Å². The average Bonchev–Trinajstić information content (AvgIpc) is 3.41. The van der Waals surface area contributed by atoms with Crippen LogP contribution in [0.5, 0.6) is 5.75 Å². The molecule has 1 N–H and O–H groups in total. The molecule has 0 saturated carbocycles. The molecule has 2 aromatic heterocycles. The minimum Gasteiger partial charge on any atom is -0.497 e. The second-order valence-electron chi connectivity index (χ2n) is 9.53. The van der Waals surface area contributed by atoms with Crippen LogP contribution in [0.3, 0.4) is 0 Å². The van der Waals surface area contributed by atoms with Gasteiger partial charge in [-0.3, -0.25) is 4.79 Å². The lowest BCUT2D eigenvalue weighted by atomic mass is 9.69. The van der Waals surface area contributed by atoms with Crippen molar-refractivity contribution in [3.8, 4) is 23.2 Å². The fourth-order valence-corrected chi connectivity index (χ4v) is 6.48. The minimum atomic E-state index is -0.149. The Morgan fingerprint density at radius 3 is 2.74 bits per heavy atom. The summed E-state index contributed by atoms with van der Waals surface area (Å²) in [4.78, 5) is 14.0. The van der Waals surface area contributed by atoms with E-state index < -0.39 is 0 Å². The highest BCUT2D eigenvalue weighted by Gasteiger charge is 2.34. The first-order valence-electron chi connectivity index (χ1n) is 11.8. The third-order valence-corrected chi connectivity index (χ3v) is 9.35. The summed E-state index contributed by atoms with van der Waals surface area (Å²) in [6.07, 6.45) is 4.10. The first kappa shape index (κ1) is 25.3. The number of rotatable bonds is 8. The van der Waals surface area contributed by atoms with Crippen LogP contribution in [0.15, 0.2) is 29.4 Å². The highest BCUT2D eigenvalue weighted by atomic mass is 32.2. The van der Waals surface area contributed by atoms with Crippen molar-refractivity contribution in [1.82, 2.24) is 14.8 Å². The predicted octanol–water partition coefficient (Wildman–Crippen LogP) is 5.70. The summed E-state index contributed by atoms with van der Waals surface area (Å²) in [7, 11) is 3.51. The molecule has 0 spiro atoms. The number of thiophene rings is 1. The highest BCUT2D eigenvalue weighted by molar-refractivity contribution is 7.99. The molecule has 7 nitrogen and oxygen atoms in total. The average molecular weight is 510 g/mol. The van der Waals surface area contributed by atoms with Gasteiger partial charge in [0.25, 0.3) is 0 Å². The lowest BCUT2D eigenvalue weighted by Gasteiger charge is -2.36. The summed E-state index contributed by atoms with van der Waals surface area (Å²) < 4.78 is 7.09. The van der Waals surface area contributed by atoms with Crippen molar-refractivity contribution >= 4 is 34.0 Å². The highest BCUT2D eigenvalue weighted by Crippen LogP contribution is 2.45. The Hall–Kier alpha value is -2.83. The van der Waals surface area contributed by atoms with Gasteiger partial charge in [-0.05, 0) is 60.4 Å². The smallest absolute Gasteiger partial charge is 0.235 e. The van der Waals surface area contributed by atoms with Gasteiger partial charge < -0.3 is 14.6 Å². The van der Waals surface area contributed by atoms with E-state index in [9.17, 15) is 10.1 Å². The molecule has 0 radical (unpaired) electrons. The number of hydrogen-bond acceptors (Lipinski definition) is 7. The molecule has 1 aromatic carbocycles. The number of anilines is 1.